The molecule has 11 nitrogen and oxygen atoms in total. The van der Waals surface area contributed by atoms with Gasteiger partial charge in [-0.1, -0.05) is 35.3 Å². The van der Waals surface area contributed by atoms with Crippen molar-refractivity contribution in [1.29, 1.82) is 0 Å². The fourth-order valence-corrected chi connectivity index (χ4v) is 22.5. The van der Waals surface area contributed by atoms with E-state index in [-0.39, 0.29) is 0 Å². The van der Waals surface area contributed by atoms with Crippen molar-refractivity contribution in [3.8, 4) is 45.6 Å². The number of aromatic nitrogens is 11. The number of hydrogen-bond donors (Lipinski definition) is 0. The van der Waals surface area contributed by atoms with Gasteiger partial charge >= 0.3 is 130 Å². The summed E-state index contributed by atoms with van der Waals surface area (Å²) >= 11 is 8.94. The monoisotopic (exact) mass is 949 g/mol. The molecule has 0 aliphatic heterocycles. The topological polar surface area (TPSA) is 142 Å². The summed E-state index contributed by atoms with van der Waals surface area (Å²) in [6.07, 6.45) is 8.26. The van der Waals surface area contributed by atoms with Gasteiger partial charge in [-0.15, -0.1) is 40.8 Å². The van der Waals surface area contributed by atoms with Crippen molar-refractivity contribution in [3.05, 3.63) is 131 Å². The Labute approximate surface area is 368 Å². The number of pyridine rings is 3. The predicted molar refractivity (Wildman–Crippen MR) is 246 cm³/mol. The van der Waals surface area contributed by atoms with Crippen LogP contribution in [0.15, 0.2) is 103 Å². The second-order valence-corrected chi connectivity index (χ2v) is 28.5. The summed E-state index contributed by atoms with van der Waals surface area (Å²) in [5, 5.41) is 32.8. The van der Waals surface area contributed by atoms with Gasteiger partial charge in [0.25, 0.3) is 0 Å². The van der Waals surface area contributed by atoms with E-state index in [1.54, 1.807) is 28.0 Å². The van der Waals surface area contributed by atoms with Crippen molar-refractivity contribution < 1.29 is 0 Å². The van der Waals surface area contributed by atoms with Crippen LogP contribution in [0, 0.1) is 20.8 Å². The fraction of sp³-hybridized carbons (Fsp3) is 0.326. The molecule has 14 heteroatoms. The second kappa shape index (κ2) is 23.8. The van der Waals surface area contributed by atoms with Gasteiger partial charge in [0.15, 0.2) is 10.3 Å². The van der Waals surface area contributed by atoms with Gasteiger partial charge in [0.1, 0.15) is 34.2 Å². The Balaban J connectivity index is 0.000000179. The Morgan fingerprint density at radius 3 is 0.983 bits per heavy atom. The average molecular weight is 950 g/mol. The zero-order valence-electron chi connectivity index (χ0n) is 35.4. The Bertz CT molecular complexity index is 2190. The molecule has 0 saturated carbocycles. The van der Waals surface area contributed by atoms with E-state index in [2.05, 4.69) is 96.7 Å². The minimum absolute atomic E-state index is 0.343. The molecule has 7 aromatic heterocycles. The van der Waals surface area contributed by atoms with Crippen molar-refractivity contribution in [2.75, 3.05) is 0 Å². The predicted octanol–water partition coefficient (Wildman–Crippen LogP) is 11.4. The van der Waals surface area contributed by atoms with Gasteiger partial charge in [-0.05, 0) is 86.6 Å². The molecule has 0 N–H and O–H groups in total. The fourth-order valence-electron chi connectivity index (χ4n) is 6.63. The molecule has 0 aliphatic rings. The van der Waals surface area contributed by atoms with E-state index in [0.717, 1.165) is 34.2 Å². The summed E-state index contributed by atoms with van der Waals surface area (Å²) in [5.74, 6) is 0. The summed E-state index contributed by atoms with van der Waals surface area (Å²) < 4.78 is 6.11. The van der Waals surface area contributed by atoms with Crippen molar-refractivity contribution in [2.45, 2.75) is 93.4 Å². The molecule has 0 spiro atoms. The quantitative estimate of drug-likeness (QED) is 0.0962. The van der Waals surface area contributed by atoms with Crippen LogP contribution in [0.3, 0.4) is 0 Å². The van der Waals surface area contributed by atoms with Crippen LogP contribution in [0.4, 0.5) is 0 Å². The molecule has 7 heterocycles. The van der Waals surface area contributed by atoms with Crippen LogP contribution in [-0.4, -0.2) is 74.1 Å². The van der Waals surface area contributed by atoms with Crippen molar-refractivity contribution in [2.24, 2.45) is 0 Å². The third kappa shape index (κ3) is 13.9. The second-order valence-electron chi connectivity index (χ2n) is 14.7. The first-order chi connectivity index (χ1) is 29.1. The third-order valence-corrected chi connectivity index (χ3v) is 25.4. The van der Waals surface area contributed by atoms with Gasteiger partial charge in [0.2, 0.25) is 0 Å². The molecule has 0 bridgehead atoms. The van der Waals surface area contributed by atoms with Crippen LogP contribution in [0.2, 0.25) is 23.6 Å². The molecule has 0 saturated heterocycles. The summed E-state index contributed by atoms with van der Waals surface area (Å²) in [5.41, 5.74) is 8.71. The molecule has 0 unspecified atom stereocenters. The maximum Gasteiger partial charge on any atom is 0.151 e. The molecule has 310 valence electrons. The third-order valence-electron chi connectivity index (χ3n) is 9.88. The number of aryl methyl sites for hydroxylation is 3. The van der Waals surface area contributed by atoms with Gasteiger partial charge < -0.3 is 0 Å². The molecule has 0 radical (unpaired) electrons. The SMILES string of the molecule is CCC[CH2][Sn]([CH2]CCC)([CH2]CCC)[c]1cccc(C)n1.Cc1cccc(-c2ccc(-c3ccc(-c4cccc(C)n4)nn3)nn2)n1.Clc1ccc(-c2ccc(Cl)nn2)nn1. The minimum atomic E-state index is -2.25. The molecule has 0 fully saturated rings. The van der Waals surface area contributed by atoms with Crippen LogP contribution >= 0.6 is 23.2 Å². The van der Waals surface area contributed by atoms with Crippen LogP contribution in [0.1, 0.15) is 76.4 Å². The first-order valence-electron chi connectivity index (χ1n) is 20.6. The molecule has 7 rings (SSSR count). The average Bonchev–Trinajstić information content (AvgIpc) is 3.27. The van der Waals surface area contributed by atoms with E-state index < -0.39 is 18.4 Å². The van der Waals surface area contributed by atoms with E-state index in [1.165, 1.54) is 57.5 Å². The molecule has 60 heavy (non-hydrogen) atoms. The summed E-state index contributed by atoms with van der Waals surface area (Å²) in [6, 6.07) is 32.6. The van der Waals surface area contributed by atoms with Crippen molar-refractivity contribution in [3.63, 3.8) is 0 Å². The first-order valence-corrected chi connectivity index (χ1v) is 28.9. The van der Waals surface area contributed by atoms with E-state index >= 15 is 0 Å². The Kier molecular flexibility index (Phi) is 18.3. The van der Waals surface area contributed by atoms with Gasteiger partial charge in [-0.2, -0.15) is 0 Å². The molecular weight excluding hydrogens is 896 g/mol. The smallest absolute Gasteiger partial charge is 0.151 e. The van der Waals surface area contributed by atoms with Crippen LogP contribution < -0.4 is 3.71 Å². The maximum atomic E-state index is 5.59. The molecule has 0 aliphatic carbocycles. The van der Waals surface area contributed by atoms with Gasteiger partial charge in [-0.3, -0.25) is 9.97 Å². The molecule has 7 aromatic rings. The van der Waals surface area contributed by atoms with Gasteiger partial charge in [0.05, 0.1) is 11.4 Å². The summed E-state index contributed by atoms with van der Waals surface area (Å²) in [6.45, 7) is 13.1. The molecule has 0 amide bonds. The summed E-state index contributed by atoms with van der Waals surface area (Å²) in [7, 11) is 0. The molecular formula is C46H53Cl2N11Sn. The largest absolute Gasteiger partial charge is 0.251 e. The van der Waals surface area contributed by atoms with E-state index in [1.807, 2.05) is 74.5 Å². The van der Waals surface area contributed by atoms with Crippen LogP contribution in [0.5, 0.6) is 0 Å². The maximum absolute atomic E-state index is 5.59. The number of nitrogens with zero attached hydrogens (tertiary/aromatic N) is 11. The van der Waals surface area contributed by atoms with Crippen LogP contribution in [-0.2, 0) is 0 Å². The number of halogens is 2. The Morgan fingerprint density at radius 2 is 0.683 bits per heavy atom. The van der Waals surface area contributed by atoms with E-state index in [0.29, 0.717) is 33.1 Å². The van der Waals surface area contributed by atoms with Crippen molar-refractivity contribution >= 4 is 45.3 Å². The Hall–Kier alpha value is -4.85. The molecule has 0 atom stereocenters. The van der Waals surface area contributed by atoms with E-state index in [4.69, 9.17) is 28.2 Å². The first kappa shape index (κ1) is 46.2. The Morgan fingerprint density at radius 1 is 0.367 bits per heavy atom. The summed E-state index contributed by atoms with van der Waals surface area (Å²) in [4.78, 5) is 13.9. The van der Waals surface area contributed by atoms with Gasteiger partial charge in [0, 0.05) is 11.4 Å². The van der Waals surface area contributed by atoms with Crippen molar-refractivity contribution in [1.82, 2.24) is 55.7 Å². The van der Waals surface area contributed by atoms with E-state index in [9.17, 15) is 0 Å². The normalized spacial score (nSPS) is 10.9. The number of rotatable bonds is 14. The number of unbranched alkanes of at least 4 members (excludes halogenated alkanes) is 3. The van der Waals surface area contributed by atoms with Crippen LogP contribution in [0.25, 0.3) is 45.6 Å². The number of hydrogen-bond acceptors (Lipinski definition) is 11. The standard InChI is InChI=1S/C20H16N6.C8H4Cl2N4.C6H6N.3C4H9.Sn/c1-13-5-3-7-15(21-13)17-9-11-19(25-23-17)20-12-10-18(24-26-20)16-8-4-6-14(2)22-16;9-7-3-1-5(11-13-7)6-2-4-8(10)14-12-6;1-6-4-2-3-5-7-6;3*1-3-4-2;/h3-12H,1-2H3;1-4H;2-4H,1H3;3*1,3-4H2,2H3;. The zero-order valence-corrected chi connectivity index (χ0v) is 39.7. The van der Waals surface area contributed by atoms with Gasteiger partial charge in [-0.25, -0.2) is 0 Å². The zero-order chi connectivity index (χ0) is 42.7. The minimum Gasteiger partial charge on any atom is -0.251 e. The molecule has 0 aromatic carbocycles.